The Morgan fingerprint density at radius 1 is 1.25 bits per heavy atom. The summed E-state index contributed by atoms with van der Waals surface area (Å²) < 4.78 is 1.65. The van der Waals surface area contributed by atoms with Crippen molar-refractivity contribution in [1.82, 2.24) is 9.13 Å². The van der Waals surface area contributed by atoms with Crippen molar-refractivity contribution in [2.24, 2.45) is 12.2 Å². The van der Waals surface area contributed by atoms with Crippen LogP contribution >= 0.6 is 23.2 Å². The van der Waals surface area contributed by atoms with Gasteiger partial charge in [-0.15, -0.1) is 4.91 Å². The summed E-state index contributed by atoms with van der Waals surface area (Å²) in [5.74, 6) is -0.377. The van der Waals surface area contributed by atoms with Gasteiger partial charge in [-0.25, -0.2) is 9.36 Å². The molecule has 0 radical (unpaired) electrons. The van der Waals surface area contributed by atoms with Crippen LogP contribution in [-0.2, 0) is 7.05 Å². The molecule has 1 aromatic carbocycles. The van der Waals surface area contributed by atoms with Gasteiger partial charge in [-0.2, -0.15) is 0 Å². The molecule has 1 aromatic heterocycles. The second-order valence-corrected chi connectivity index (χ2v) is 4.75. The number of nitrogens with two attached hydrogens (primary N) is 1. The van der Waals surface area contributed by atoms with Crippen LogP contribution in [0.2, 0.25) is 10.0 Å². The standard InChI is InChI=1S/C11H8Cl2N4O3/c1-16-10(18)8(15-20)9(14)17(11(16)19)7-3-2-5(12)4-6(7)13/h2-4H,14H2,1H3. The van der Waals surface area contributed by atoms with E-state index in [2.05, 4.69) is 5.18 Å². The molecule has 0 unspecified atom stereocenters. The Kier molecular flexibility index (Phi) is 3.65. The molecule has 1 heterocycles. The highest BCUT2D eigenvalue weighted by molar-refractivity contribution is 6.35. The normalized spacial score (nSPS) is 10.6. The van der Waals surface area contributed by atoms with Crippen LogP contribution in [0.15, 0.2) is 33.0 Å². The Labute approximate surface area is 122 Å². The molecule has 2 N–H and O–H groups in total. The van der Waals surface area contributed by atoms with Gasteiger partial charge in [0.25, 0.3) is 5.56 Å². The first-order valence-corrected chi connectivity index (χ1v) is 6.04. The lowest BCUT2D eigenvalue weighted by molar-refractivity contribution is 0.736. The van der Waals surface area contributed by atoms with Crippen molar-refractivity contribution in [3.05, 3.63) is 54.0 Å². The summed E-state index contributed by atoms with van der Waals surface area (Å²) in [7, 11) is 1.21. The number of anilines is 1. The van der Waals surface area contributed by atoms with E-state index < -0.39 is 16.9 Å². The Hall–Kier alpha value is -2.12. The van der Waals surface area contributed by atoms with Crippen LogP contribution < -0.4 is 17.0 Å². The van der Waals surface area contributed by atoms with Crippen LogP contribution in [-0.4, -0.2) is 9.13 Å². The average Bonchev–Trinajstić information content (AvgIpc) is 2.39. The van der Waals surface area contributed by atoms with Gasteiger partial charge >= 0.3 is 5.69 Å². The number of nitrogens with zero attached hydrogens (tertiary/aromatic N) is 3. The highest BCUT2D eigenvalue weighted by atomic mass is 35.5. The van der Waals surface area contributed by atoms with Crippen LogP contribution in [0.1, 0.15) is 0 Å². The lowest BCUT2D eigenvalue weighted by Gasteiger charge is -2.13. The van der Waals surface area contributed by atoms with Crippen LogP contribution in [0.5, 0.6) is 0 Å². The van der Waals surface area contributed by atoms with Crippen LogP contribution in [0.25, 0.3) is 5.69 Å². The van der Waals surface area contributed by atoms with Crippen molar-refractivity contribution in [3.63, 3.8) is 0 Å². The monoisotopic (exact) mass is 314 g/mol. The summed E-state index contributed by atoms with van der Waals surface area (Å²) in [4.78, 5) is 34.5. The summed E-state index contributed by atoms with van der Waals surface area (Å²) in [5.41, 5.74) is 3.69. The van der Waals surface area contributed by atoms with Gasteiger partial charge in [-0.05, 0) is 23.4 Å². The molecule has 0 aliphatic carbocycles. The lowest BCUT2D eigenvalue weighted by Crippen LogP contribution is -2.38. The van der Waals surface area contributed by atoms with Gasteiger partial charge in [-0.1, -0.05) is 23.2 Å². The van der Waals surface area contributed by atoms with E-state index >= 15 is 0 Å². The third-order valence-corrected chi connectivity index (χ3v) is 3.25. The molecule has 0 atom stereocenters. The van der Waals surface area contributed by atoms with Gasteiger partial charge < -0.3 is 5.73 Å². The van der Waals surface area contributed by atoms with E-state index in [0.29, 0.717) is 5.02 Å². The zero-order valence-corrected chi connectivity index (χ0v) is 11.6. The minimum Gasteiger partial charge on any atom is -0.383 e. The molecule has 0 aliphatic rings. The fourth-order valence-corrected chi connectivity index (χ4v) is 2.19. The molecule has 7 nitrogen and oxygen atoms in total. The molecule has 0 aliphatic heterocycles. The second-order valence-electron chi connectivity index (χ2n) is 3.90. The average molecular weight is 315 g/mol. The fraction of sp³-hybridized carbons (Fsp3) is 0.0909. The van der Waals surface area contributed by atoms with Crippen LogP contribution in [0.3, 0.4) is 0 Å². The van der Waals surface area contributed by atoms with Crippen molar-refractivity contribution >= 4 is 34.7 Å². The lowest BCUT2D eigenvalue weighted by atomic mass is 10.3. The number of halogens is 2. The molecule has 104 valence electrons. The van der Waals surface area contributed by atoms with E-state index in [0.717, 1.165) is 9.13 Å². The van der Waals surface area contributed by atoms with Gasteiger partial charge in [0, 0.05) is 12.1 Å². The maximum atomic E-state index is 12.1. The maximum absolute atomic E-state index is 12.1. The number of rotatable bonds is 2. The number of aromatic nitrogens is 2. The number of benzene rings is 1. The van der Waals surface area contributed by atoms with Gasteiger partial charge in [0.15, 0.2) is 0 Å². The van der Waals surface area contributed by atoms with Crippen LogP contribution in [0.4, 0.5) is 11.5 Å². The molecule has 9 heteroatoms. The van der Waals surface area contributed by atoms with Gasteiger partial charge in [-0.3, -0.25) is 9.36 Å². The number of nitrogen functional groups attached to an aromatic ring is 1. The Morgan fingerprint density at radius 3 is 2.45 bits per heavy atom. The van der Waals surface area contributed by atoms with E-state index in [1.807, 2.05) is 0 Å². The van der Waals surface area contributed by atoms with Crippen molar-refractivity contribution < 1.29 is 0 Å². The molecule has 0 amide bonds. The Morgan fingerprint density at radius 2 is 1.90 bits per heavy atom. The van der Waals surface area contributed by atoms with Crippen molar-refractivity contribution in [1.29, 1.82) is 0 Å². The highest BCUT2D eigenvalue weighted by Crippen LogP contribution is 2.26. The predicted octanol–water partition coefficient (Wildman–Crippen LogP) is 1.82. The van der Waals surface area contributed by atoms with E-state index in [9.17, 15) is 14.5 Å². The first-order chi connectivity index (χ1) is 9.38. The fourth-order valence-electron chi connectivity index (χ4n) is 1.70. The molecule has 20 heavy (non-hydrogen) atoms. The van der Waals surface area contributed by atoms with Gasteiger partial charge in [0.05, 0.1) is 10.7 Å². The number of nitroso groups, excluding NO2 is 1. The molecule has 0 fully saturated rings. The predicted molar refractivity (Wildman–Crippen MR) is 77.2 cm³/mol. The molecular weight excluding hydrogens is 307 g/mol. The zero-order chi connectivity index (χ0) is 15.0. The molecular formula is C11H8Cl2N4O3. The molecule has 0 saturated heterocycles. The van der Waals surface area contributed by atoms with Crippen molar-refractivity contribution in [2.75, 3.05) is 5.73 Å². The van der Waals surface area contributed by atoms with Crippen molar-refractivity contribution in [2.45, 2.75) is 0 Å². The quantitative estimate of drug-likeness (QED) is 0.854. The molecule has 2 rings (SSSR count). The van der Waals surface area contributed by atoms with E-state index in [-0.39, 0.29) is 16.5 Å². The van der Waals surface area contributed by atoms with Crippen LogP contribution in [0, 0.1) is 4.91 Å². The number of hydrogen-bond acceptors (Lipinski definition) is 5. The molecule has 2 aromatic rings. The summed E-state index contributed by atoms with van der Waals surface area (Å²) in [5, 5.41) is 3.07. The summed E-state index contributed by atoms with van der Waals surface area (Å²) >= 11 is 11.8. The first-order valence-electron chi connectivity index (χ1n) is 5.28. The number of hydrogen-bond donors (Lipinski definition) is 1. The molecule has 0 saturated carbocycles. The maximum Gasteiger partial charge on any atom is 0.337 e. The minimum absolute atomic E-state index is 0.141. The molecule has 0 bridgehead atoms. The first kappa shape index (κ1) is 14.3. The zero-order valence-electron chi connectivity index (χ0n) is 10.1. The largest absolute Gasteiger partial charge is 0.383 e. The smallest absolute Gasteiger partial charge is 0.337 e. The third-order valence-electron chi connectivity index (χ3n) is 2.71. The summed E-state index contributed by atoms with van der Waals surface area (Å²) in [6.45, 7) is 0. The third kappa shape index (κ3) is 2.10. The minimum atomic E-state index is -0.871. The SMILES string of the molecule is Cn1c(=O)c(N=O)c(N)n(-c2ccc(Cl)cc2Cl)c1=O. The second kappa shape index (κ2) is 5.10. The van der Waals surface area contributed by atoms with E-state index in [4.69, 9.17) is 28.9 Å². The summed E-state index contributed by atoms with van der Waals surface area (Å²) in [6.07, 6.45) is 0. The van der Waals surface area contributed by atoms with Gasteiger partial charge in [0.1, 0.15) is 5.82 Å². The topological polar surface area (TPSA) is 99.4 Å². The van der Waals surface area contributed by atoms with E-state index in [1.54, 1.807) is 0 Å². The highest BCUT2D eigenvalue weighted by Gasteiger charge is 2.18. The molecule has 0 spiro atoms. The van der Waals surface area contributed by atoms with E-state index in [1.165, 1.54) is 25.2 Å². The Balaban J connectivity index is 2.95. The summed E-state index contributed by atoms with van der Waals surface area (Å²) in [6, 6.07) is 4.35. The van der Waals surface area contributed by atoms with Gasteiger partial charge in [0.2, 0.25) is 5.69 Å². The van der Waals surface area contributed by atoms with Crippen molar-refractivity contribution in [3.8, 4) is 5.69 Å². The Bertz CT molecular complexity index is 826.